The molecule has 1 aromatic heterocycles. The number of para-hydroxylation sites is 3. The highest BCUT2D eigenvalue weighted by molar-refractivity contribution is 6.00. The monoisotopic (exact) mass is 342 g/mol. The van der Waals surface area contributed by atoms with Gasteiger partial charge in [0.1, 0.15) is 5.58 Å². The first-order valence-electron chi connectivity index (χ1n) is 8.43. The lowest BCUT2D eigenvalue weighted by molar-refractivity contribution is 0.0927. The number of rotatable bonds is 4. The Bertz CT molecular complexity index is 1000. The number of hydrogen-bond donors (Lipinski definition) is 1. The summed E-state index contributed by atoms with van der Waals surface area (Å²) in [5.74, 6) is 0.0365. The Labute approximate surface area is 151 Å². The second kappa shape index (κ2) is 6.76. The van der Waals surface area contributed by atoms with E-state index >= 15 is 0 Å². The third kappa shape index (κ3) is 2.93. The minimum absolute atomic E-state index is 0.286. The lowest BCUT2D eigenvalue weighted by Gasteiger charge is -2.25. The molecule has 0 saturated carbocycles. The van der Waals surface area contributed by atoms with Crippen LogP contribution in [0.2, 0.25) is 0 Å². The van der Waals surface area contributed by atoms with Crippen LogP contribution in [0.4, 0.5) is 11.4 Å². The molecule has 4 rings (SSSR count). The number of furan rings is 1. The Kier molecular flexibility index (Phi) is 4.15. The molecular formula is C22H18N2O2. The second-order valence-corrected chi connectivity index (χ2v) is 6.00. The van der Waals surface area contributed by atoms with Crippen molar-refractivity contribution in [3.63, 3.8) is 0 Å². The standard InChI is InChI=1S/C22H18N2O2/c1-16-19-14-8-9-15-20(19)26-21(16)22(25)23-24(17-10-4-2-5-11-17)18-12-6-3-7-13-18/h2-15H,1H3,(H,23,25). The molecule has 4 heteroatoms. The molecule has 1 heterocycles. The van der Waals surface area contributed by atoms with E-state index in [-0.39, 0.29) is 5.91 Å². The van der Waals surface area contributed by atoms with E-state index in [4.69, 9.17) is 4.42 Å². The zero-order valence-electron chi connectivity index (χ0n) is 14.3. The topological polar surface area (TPSA) is 45.5 Å². The molecule has 0 saturated heterocycles. The number of fused-ring (bicyclic) bond motifs is 1. The average Bonchev–Trinajstić information content (AvgIpc) is 3.04. The number of carbonyl (C=O) groups excluding carboxylic acids is 1. The zero-order valence-corrected chi connectivity index (χ0v) is 14.3. The van der Waals surface area contributed by atoms with E-state index in [9.17, 15) is 4.79 Å². The van der Waals surface area contributed by atoms with Gasteiger partial charge in [-0.3, -0.25) is 15.2 Å². The Hall–Kier alpha value is -3.53. The van der Waals surface area contributed by atoms with E-state index in [0.29, 0.717) is 11.3 Å². The van der Waals surface area contributed by atoms with Gasteiger partial charge in [0.05, 0.1) is 11.4 Å². The first-order valence-corrected chi connectivity index (χ1v) is 8.43. The summed E-state index contributed by atoms with van der Waals surface area (Å²) in [6.07, 6.45) is 0. The molecule has 0 aliphatic heterocycles. The van der Waals surface area contributed by atoms with Gasteiger partial charge in [0.2, 0.25) is 0 Å². The molecule has 0 unspecified atom stereocenters. The van der Waals surface area contributed by atoms with Crippen LogP contribution in [0.5, 0.6) is 0 Å². The van der Waals surface area contributed by atoms with Crippen molar-refractivity contribution in [2.24, 2.45) is 0 Å². The van der Waals surface area contributed by atoms with Crippen molar-refractivity contribution in [2.45, 2.75) is 6.92 Å². The zero-order chi connectivity index (χ0) is 17.9. The van der Waals surface area contributed by atoms with Gasteiger partial charge in [0.15, 0.2) is 5.76 Å². The highest BCUT2D eigenvalue weighted by Crippen LogP contribution is 2.27. The Morgan fingerprint density at radius 1 is 0.808 bits per heavy atom. The number of hydrazine groups is 1. The van der Waals surface area contributed by atoms with Crippen LogP contribution < -0.4 is 10.4 Å². The fraction of sp³-hybridized carbons (Fsp3) is 0.0455. The fourth-order valence-corrected chi connectivity index (χ4v) is 2.98. The van der Waals surface area contributed by atoms with E-state index < -0.39 is 0 Å². The molecule has 0 radical (unpaired) electrons. The molecule has 3 aromatic carbocycles. The molecule has 0 spiro atoms. The van der Waals surface area contributed by atoms with Crippen LogP contribution in [0.1, 0.15) is 16.1 Å². The van der Waals surface area contributed by atoms with E-state index in [1.807, 2.05) is 91.9 Å². The van der Waals surface area contributed by atoms with Crippen molar-refractivity contribution in [1.29, 1.82) is 0 Å². The van der Waals surface area contributed by atoms with Gasteiger partial charge in [-0.2, -0.15) is 0 Å². The predicted molar refractivity (Wildman–Crippen MR) is 103 cm³/mol. The maximum Gasteiger partial charge on any atom is 0.306 e. The third-order valence-electron chi connectivity index (χ3n) is 4.29. The van der Waals surface area contributed by atoms with Gasteiger partial charge < -0.3 is 4.42 Å². The van der Waals surface area contributed by atoms with Crippen molar-refractivity contribution >= 4 is 28.3 Å². The number of carbonyl (C=O) groups is 1. The average molecular weight is 342 g/mol. The Balaban J connectivity index is 1.71. The SMILES string of the molecule is Cc1c(C(=O)NN(c2ccccc2)c2ccccc2)oc2ccccc12. The smallest absolute Gasteiger partial charge is 0.306 e. The fourth-order valence-electron chi connectivity index (χ4n) is 2.98. The summed E-state index contributed by atoms with van der Waals surface area (Å²) in [5, 5.41) is 2.71. The van der Waals surface area contributed by atoms with Gasteiger partial charge in [0, 0.05) is 10.9 Å². The molecule has 4 aromatic rings. The first kappa shape index (κ1) is 16.0. The highest BCUT2D eigenvalue weighted by atomic mass is 16.3. The maximum absolute atomic E-state index is 12.9. The van der Waals surface area contributed by atoms with Gasteiger partial charge in [0.25, 0.3) is 0 Å². The van der Waals surface area contributed by atoms with Crippen LogP contribution in [0, 0.1) is 6.92 Å². The van der Waals surface area contributed by atoms with Gasteiger partial charge >= 0.3 is 5.91 Å². The third-order valence-corrected chi connectivity index (χ3v) is 4.29. The summed E-state index contributed by atoms with van der Waals surface area (Å²) >= 11 is 0. The number of nitrogens with zero attached hydrogens (tertiary/aromatic N) is 1. The van der Waals surface area contributed by atoms with Crippen molar-refractivity contribution in [3.05, 3.63) is 96.3 Å². The van der Waals surface area contributed by atoms with E-state index in [0.717, 1.165) is 22.3 Å². The van der Waals surface area contributed by atoms with Crippen molar-refractivity contribution < 1.29 is 9.21 Å². The summed E-state index contributed by atoms with van der Waals surface area (Å²) in [7, 11) is 0. The van der Waals surface area contributed by atoms with Crippen molar-refractivity contribution in [3.8, 4) is 0 Å². The number of hydrogen-bond acceptors (Lipinski definition) is 3. The molecule has 0 bridgehead atoms. The summed E-state index contributed by atoms with van der Waals surface area (Å²) in [6.45, 7) is 1.90. The van der Waals surface area contributed by atoms with Gasteiger partial charge in [-0.1, -0.05) is 54.6 Å². The summed E-state index contributed by atoms with van der Waals surface area (Å²) < 4.78 is 5.79. The Morgan fingerprint density at radius 3 is 1.92 bits per heavy atom. The number of anilines is 2. The van der Waals surface area contributed by atoms with E-state index in [2.05, 4.69) is 5.43 Å². The quantitative estimate of drug-likeness (QED) is 0.517. The minimum atomic E-state index is -0.286. The normalized spacial score (nSPS) is 10.7. The summed E-state index contributed by atoms with van der Waals surface area (Å²) in [5.41, 5.74) is 6.23. The van der Waals surface area contributed by atoms with Crippen molar-refractivity contribution in [2.75, 3.05) is 5.01 Å². The first-order chi connectivity index (χ1) is 12.7. The lowest BCUT2D eigenvalue weighted by Crippen LogP contribution is -2.39. The highest BCUT2D eigenvalue weighted by Gasteiger charge is 2.20. The van der Waals surface area contributed by atoms with Crippen LogP contribution >= 0.6 is 0 Å². The van der Waals surface area contributed by atoms with E-state index in [1.54, 1.807) is 5.01 Å². The number of nitrogens with one attached hydrogen (secondary N) is 1. The van der Waals surface area contributed by atoms with Crippen LogP contribution in [0.15, 0.2) is 89.3 Å². The molecule has 1 N–H and O–H groups in total. The Morgan fingerprint density at radius 2 is 1.35 bits per heavy atom. The second-order valence-electron chi connectivity index (χ2n) is 6.00. The van der Waals surface area contributed by atoms with Crippen molar-refractivity contribution in [1.82, 2.24) is 5.43 Å². The van der Waals surface area contributed by atoms with Crippen LogP contribution in [-0.4, -0.2) is 5.91 Å². The number of amides is 1. The lowest BCUT2D eigenvalue weighted by atomic mass is 10.1. The molecule has 26 heavy (non-hydrogen) atoms. The molecule has 0 fully saturated rings. The number of benzene rings is 3. The summed E-state index contributed by atoms with van der Waals surface area (Å²) in [6, 6.07) is 27.1. The molecule has 128 valence electrons. The van der Waals surface area contributed by atoms with Gasteiger partial charge in [-0.25, -0.2) is 0 Å². The minimum Gasteiger partial charge on any atom is -0.451 e. The summed E-state index contributed by atoms with van der Waals surface area (Å²) in [4.78, 5) is 12.9. The van der Waals surface area contributed by atoms with Crippen LogP contribution in [-0.2, 0) is 0 Å². The maximum atomic E-state index is 12.9. The molecule has 4 nitrogen and oxygen atoms in total. The predicted octanol–water partition coefficient (Wildman–Crippen LogP) is 5.22. The van der Waals surface area contributed by atoms with Gasteiger partial charge in [-0.15, -0.1) is 0 Å². The van der Waals surface area contributed by atoms with Gasteiger partial charge in [-0.05, 0) is 37.3 Å². The largest absolute Gasteiger partial charge is 0.451 e. The van der Waals surface area contributed by atoms with E-state index in [1.165, 1.54) is 0 Å². The van der Waals surface area contributed by atoms with Crippen LogP contribution in [0.3, 0.4) is 0 Å². The molecule has 1 amide bonds. The molecule has 0 atom stereocenters. The molecule has 0 aliphatic rings. The molecular weight excluding hydrogens is 324 g/mol. The molecule has 0 aliphatic carbocycles. The van der Waals surface area contributed by atoms with Crippen LogP contribution in [0.25, 0.3) is 11.0 Å². The number of aryl methyl sites for hydroxylation is 1.